The minimum Gasteiger partial charge on any atom is -0.317 e. The third kappa shape index (κ3) is 8.65. The summed E-state index contributed by atoms with van der Waals surface area (Å²) in [6, 6.07) is 0.728. The van der Waals surface area contributed by atoms with Crippen molar-refractivity contribution in [3.63, 3.8) is 0 Å². The van der Waals surface area contributed by atoms with E-state index in [4.69, 9.17) is 0 Å². The molecule has 0 aliphatic rings. The van der Waals surface area contributed by atoms with Crippen LogP contribution in [0.1, 0.15) is 73.1 Å². The molecule has 0 rings (SSSR count). The van der Waals surface area contributed by atoms with Gasteiger partial charge in [0.15, 0.2) is 0 Å². The van der Waals surface area contributed by atoms with Crippen LogP contribution in [0.2, 0.25) is 0 Å². The predicted octanol–water partition coefficient (Wildman–Crippen LogP) is 4.86. The largest absolute Gasteiger partial charge is 0.317 e. The van der Waals surface area contributed by atoms with Gasteiger partial charge in [-0.2, -0.15) is 0 Å². The van der Waals surface area contributed by atoms with E-state index >= 15 is 0 Å². The maximum Gasteiger partial charge on any atom is 0.00667 e. The maximum atomic E-state index is 3.50. The monoisotopic (exact) mass is 241 g/mol. The van der Waals surface area contributed by atoms with Gasteiger partial charge in [0.1, 0.15) is 0 Å². The number of nitrogens with one attached hydrogen (secondary N) is 1. The van der Waals surface area contributed by atoms with E-state index in [0.29, 0.717) is 0 Å². The average Bonchev–Trinajstić information content (AvgIpc) is 2.31. The van der Waals surface area contributed by atoms with Gasteiger partial charge in [-0.25, -0.2) is 0 Å². The minimum absolute atomic E-state index is 0.728. The van der Waals surface area contributed by atoms with Crippen molar-refractivity contribution in [2.75, 3.05) is 7.05 Å². The minimum atomic E-state index is 0.728. The van der Waals surface area contributed by atoms with Crippen LogP contribution >= 0.6 is 0 Å². The molecule has 1 N–H and O–H groups in total. The van der Waals surface area contributed by atoms with Crippen molar-refractivity contribution in [1.82, 2.24) is 5.32 Å². The molecule has 0 aromatic heterocycles. The van der Waals surface area contributed by atoms with E-state index in [-0.39, 0.29) is 0 Å². The van der Waals surface area contributed by atoms with E-state index in [1.807, 2.05) is 0 Å². The van der Waals surface area contributed by atoms with Gasteiger partial charge < -0.3 is 5.32 Å². The molecule has 0 aromatic carbocycles. The van der Waals surface area contributed by atoms with Crippen molar-refractivity contribution in [2.45, 2.75) is 79.2 Å². The van der Waals surface area contributed by atoms with Gasteiger partial charge in [0.25, 0.3) is 0 Å². The molecular weight excluding hydrogens is 206 g/mol. The standard InChI is InChI=1S/C16H35N/c1-7-14(4)15(5)12-16(17-6)11-9-8-10-13(2)3/h13-17H,7-12H2,1-6H3. The van der Waals surface area contributed by atoms with Crippen LogP contribution in [0.3, 0.4) is 0 Å². The highest BCUT2D eigenvalue weighted by Gasteiger charge is 2.15. The molecule has 3 unspecified atom stereocenters. The third-order valence-corrected chi connectivity index (χ3v) is 4.26. The van der Waals surface area contributed by atoms with Gasteiger partial charge in [-0.05, 0) is 37.6 Å². The molecule has 104 valence electrons. The Bertz CT molecular complexity index is 165. The Balaban J connectivity index is 3.75. The molecule has 0 fully saturated rings. The van der Waals surface area contributed by atoms with Crippen LogP contribution in [-0.4, -0.2) is 13.1 Å². The fraction of sp³-hybridized carbons (Fsp3) is 1.00. The summed E-state index contributed by atoms with van der Waals surface area (Å²) in [6.07, 6.45) is 8.17. The van der Waals surface area contributed by atoms with Gasteiger partial charge in [0.05, 0.1) is 0 Å². The van der Waals surface area contributed by atoms with Crippen LogP contribution in [0.15, 0.2) is 0 Å². The van der Waals surface area contributed by atoms with Gasteiger partial charge in [0.2, 0.25) is 0 Å². The zero-order valence-corrected chi connectivity index (χ0v) is 13.1. The molecule has 0 aliphatic carbocycles. The molecule has 0 aromatic rings. The molecule has 1 nitrogen and oxygen atoms in total. The molecule has 0 bridgehead atoms. The Kier molecular flexibility index (Phi) is 9.91. The number of hydrogen-bond acceptors (Lipinski definition) is 1. The Morgan fingerprint density at radius 3 is 1.94 bits per heavy atom. The average molecular weight is 241 g/mol. The van der Waals surface area contributed by atoms with Gasteiger partial charge in [-0.15, -0.1) is 0 Å². The zero-order valence-electron chi connectivity index (χ0n) is 13.1. The maximum absolute atomic E-state index is 3.50. The second-order valence-electron chi connectivity index (χ2n) is 6.26. The van der Waals surface area contributed by atoms with Crippen molar-refractivity contribution in [3.8, 4) is 0 Å². The molecule has 1 heteroatoms. The van der Waals surface area contributed by atoms with Crippen LogP contribution < -0.4 is 5.32 Å². The van der Waals surface area contributed by atoms with E-state index in [9.17, 15) is 0 Å². The second kappa shape index (κ2) is 9.94. The Morgan fingerprint density at radius 2 is 1.47 bits per heavy atom. The summed E-state index contributed by atoms with van der Waals surface area (Å²) in [5.74, 6) is 2.58. The fourth-order valence-corrected chi connectivity index (χ4v) is 2.41. The summed E-state index contributed by atoms with van der Waals surface area (Å²) in [5.41, 5.74) is 0. The van der Waals surface area contributed by atoms with E-state index in [1.165, 1.54) is 38.5 Å². The molecule has 0 saturated heterocycles. The zero-order chi connectivity index (χ0) is 13.3. The second-order valence-corrected chi connectivity index (χ2v) is 6.26. The molecule has 0 heterocycles. The van der Waals surface area contributed by atoms with Gasteiger partial charge >= 0.3 is 0 Å². The topological polar surface area (TPSA) is 12.0 Å². The molecule has 0 amide bonds. The fourth-order valence-electron chi connectivity index (χ4n) is 2.41. The quantitative estimate of drug-likeness (QED) is 0.538. The van der Waals surface area contributed by atoms with Crippen molar-refractivity contribution < 1.29 is 0 Å². The first kappa shape index (κ1) is 17.0. The van der Waals surface area contributed by atoms with Crippen molar-refractivity contribution in [3.05, 3.63) is 0 Å². The van der Waals surface area contributed by atoms with Gasteiger partial charge in [-0.1, -0.05) is 60.3 Å². The summed E-state index contributed by atoms with van der Waals surface area (Å²) in [5, 5.41) is 3.50. The number of unbranched alkanes of at least 4 members (excludes halogenated alkanes) is 1. The highest BCUT2D eigenvalue weighted by atomic mass is 14.9. The lowest BCUT2D eigenvalue weighted by Gasteiger charge is -2.24. The lowest BCUT2D eigenvalue weighted by atomic mass is 9.86. The first-order valence-corrected chi connectivity index (χ1v) is 7.68. The smallest absolute Gasteiger partial charge is 0.00667 e. The molecule has 0 spiro atoms. The predicted molar refractivity (Wildman–Crippen MR) is 79.4 cm³/mol. The Morgan fingerprint density at radius 1 is 0.882 bits per heavy atom. The van der Waals surface area contributed by atoms with Crippen molar-refractivity contribution in [1.29, 1.82) is 0 Å². The first-order valence-electron chi connectivity index (χ1n) is 7.68. The van der Waals surface area contributed by atoms with Crippen molar-refractivity contribution >= 4 is 0 Å². The highest BCUT2D eigenvalue weighted by Crippen LogP contribution is 2.22. The van der Waals surface area contributed by atoms with Crippen LogP contribution in [0.4, 0.5) is 0 Å². The molecule has 17 heavy (non-hydrogen) atoms. The van der Waals surface area contributed by atoms with Crippen LogP contribution in [0, 0.1) is 17.8 Å². The van der Waals surface area contributed by atoms with Crippen molar-refractivity contribution in [2.24, 2.45) is 17.8 Å². The van der Waals surface area contributed by atoms with E-state index in [2.05, 4.69) is 47.0 Å². The molecule has 0 aliphatic heterocycles. The summed E-state index contributed by atoms with van der Waals surface area (Å²) in [6.45, 7) is 11.7. The Hall–Kier alpha value is -0.0400. The molecule has 0 saturated carbocycles. The number of hydrogen-bond donors (Lipinski definition) is 1. The first-order chi connectivity index (χ1) is 8.01. The number of rotatable bonds is 10. The van der Waals surface area contributed by atoms with Crippen LogP contribution in [-0.2, 0) is 0 Å². The Labute approximate surface area is 110 Å². The van der Waals surface area contributed by atoms with Gasteiger partial charge in [-0.3, -0.25) is 0 Å². The lowest BCUT2D eigenvalue weighted by molar-refractivity contribution is 0.302. The highest BCUT2D eigenvalue weighted by molar-refractivity contribution is 4.71. The van der Waals surface area contributed by atoms with Crippen LogP contribution in [0.5, 0.6) is 0 Å². The summed E-state index contributed by atoms with van der Waals surface area (Å²) in [7, 11) is 2.12. The molecule has 3 atom stereocenters. The lowest BCUT2D eigenvalue weighted by Crippen LogP contribution is -2.28. The van der Waals surface area contributed by atoms with E-state index in [1.54, 1.807) is 0 Å². The summed E-state index contributed by atoms with van der Waals surface area (Å²) in [4.78, 5) is 0. The molecular formula is C16H35N. The van der Waals surface area contributed by atoms with E-state index in [0.717, 1.165) is 23.8 Å². The third-order valence-electron chi connectivity index (χ3n) is 4.26. The summed E-state index contributed by atoms with van der Waals surface area (Å²) < 4.78 is 0. The van der Waals surface area contributed by atoms with Gasteiger partial charge in [0, 0.05) is 6.04 Å². The van der Waals surface area contributed by atoms with Crippen LogP contribution in [0.25, 0.3) is 0 Å². The SMILES string of the molecule is CCC(C)C(C)CC(CCCCC(C)C)NC. The van der Waals surface area contributed by atoms with E-state index < -0.39 is 0 Å². The molecule has 0 radical (unpaired) electrons. The normalized spacial score (nSPS) is 17.1. The summed E-state index contributed by atoms with van der Waals surface area (Å²) >= 11 is 0.